The molecule has 0 saturated carbocycles. The summed E-state index contributed by atoms with van der Waals surface area (Å²) in [6, 6.07) is 1.73. The molecule has 0 aromatic carbocycles. The fourth-order valence-corrected chi connectivity index (χ4v) is 2.22. The van der Waals surface area contributed by atoms with E-state index in [2.05, 4.69) is 21.0 Å². The molecule has 0 bridgehead atoms. The molecule has 1 aromatic rings. The van der Waals surface area contributed by atoms with Crippen molar-refractivity contribution in [3.63, 3.8) is 0 Å². The van der Waals surface area contributed by atoms with Crippen molar-refractivity contribution in [1.82, 2.24) is 9.78 Å². The summed E-state index contributed by atoms with van der Waals surface area (Å²) in [7, 11) is 0.771. The third-order valence-corrected chi connectivity index (χ3v) is 4.04. The zero-order valence-electron chi connectivity index (χ0n) is 11.7. The van der Waals surface area contributed by atoms with Crippen molar-refractivity contribution < 1.29 is 13.7 Å². The van der Waals surface area contributed by atoms with Crippen LogP contribution in [0.1, 0.15) is 33.4 Å². The molecule has 7 heteroatoms. The number of halogens is 2. The van der Waals surface area contributed by atoms with Crippen LogP contribution in [0.3, 0.4) is 0 Å². The van der Waals surface area contributed by atoms with Gasteiger partial charge in [-0.25, -0.2) is 4.39 Å². The molecule has 4 nitrogen and oxygen atoms in total. The fraction of sp³-hybridized carbons (Fsp3) is 0.583. The number of hydrogen-bond donors (Lipinski definition) is 0. The molecule has 0 aliphatic carbocycles. The van der Waals surface area contributed by atoms with Gasteiger partial charge in [0.15, 0.2) is 0 Å². The van der Waals surface area contributed by atoms with Gasteiger partial charge in [0.2, 0.25) is 0 Å². The van der Waals surface area contributed by atoms with Gasteiger partial charge in [0.05, 0.1) is 16.9 Å². The van der Waals surface area contributed by atoms with Crippen LogP contribution in [0.15, 0.2) is 16.4 Å². The average Bonchev–Trinajstić information content (AvgIpc) is 2.65. The van der Waals surface area contributed by atoms with Gasteiger partial charge >= 0.3 is 7.12 Å². The minimum absolute atomic E-state index is 0.464. The first-order valence-electron chi connectivity index (χ1n) is 6.05. The molecule has 19 heavy (non-hydrogen) atoms. The highest BCUT2D eigenvalue weighted by Crippen LogP contribution is 2.39. The molecule has 0 N–H and O–H groups in total. The maximum atomic E-state index is 14.2. The van der Waals surface area contributed by atoms with Gasteiger partial charge in [-0.15, -0.1) is 0 Å². The van der Waals surface area contributed by atoms with Crippen molar-refractivity contribution in [3.05, 3.63) is 22.1 Å². The lowest BCUT2D eigenvalue weighted by Gasteiger charge is -2.32. The number of rotatable bonds is 2. The second kappa shape index (κ2) is 4.72. The van der Waals surface area contributed by atoms with Crippen LogP contribution in [0.4, 0.5) is 4.39 Å². The predicted octanol–water partition coefficient (Wildman–Crippen LogP) is 3.12. The molecule has 0 spiro atoms. The van der Waals surface area contributed by atoms with Gasteiger partial charge in [0.1, 0.15) is 10.3 Å². The van der Waals surface area contributed by atoms with Crippen molar-refractivity contribution >= 4 is 29.1 Å². The van der Waals surface area contributed by atoms with Crippen LogP contribution in [0.5, 0.6) is 0 Å². The van der Waals surface area contributed by atoms with Crippen LogP contribution in [0.25, 0.3) is 6.08 Å². The molecular formula is C12H17BBrFN2O2. The molecule has 1 saturated heterocycles. The topological polar surface area (TPSA) is 36.3 Å². The van der Waals surface area contributed by atoms with E-state index in [1.165, 1.54) is 6.08 Å². The summed E-state index contributed by atoms with van der Waals surface area (Å²) >= 11 is 3.25. The summed E-state index contributed by atoms with van der Waals surface area (Å²) in [5, 5.41) is 4.09. The first kappa shape index (κ1) is 14.7. The summed E-state index contributed by atoms with van der Waals surface area (Å²) in [4.78, 5) is 0. The summed E-state index contributed by atoms with van der Waals surface area (Å²) in [5.41, 5.74) is -0.917. The normalized spacial score (nSPS) is 22.1. The lowest BCUT2D eigenvalue weighted by Crippen LogP contribution is -2.41. The Labute approximate surface area is 121 Å². The quantitative estimate of drug-likeness (QED) is 0.782. The van der Waals surface area contributed by atoms with Crippen LogP contribution >= 0.6 is 15.9 Å². The van der Waals surface area contributed by atoms with Gasteiger partial charge in [-0.2, -0.15) is 5.10 Å². The van der Waals surface area contributed by atoms with Gasteiger partial charge in [0, 0.05) is 7.05 Å². The molecule has 1 aromatic heterocycles. The molecule has 0 amide bonds. The Bertz CT molecular complexity index is 512. The molecule has 0 radical (unpaired) electrons. The number of aromatic nitrogens is 2. The van der Waals surface area contributed by atoms with Crippen LogP contribution in [0, 0.1) is 0 Å². The predicted molar refractivity (Wildman–Crippen MR) is 76.1 cm³/mol. The average molecular weight is 331 g/mol. The second-order valence-electron chi connectivity index (χ2n) is 5.63. The van der Waals surface area contributed by atoms with Gasteiger partial charge < -0.3 is 9.31 Å². The van der Waals surface area contributed by atoms with E-state index in [-0.39, 0.29) is 0 Å². The molecule has 2 rings (SSSR count). The zero-order chi connectivity index (χ0) is 14.4. The van der Waals surface area contributed by atoms with E-state index < -0.39 is 24.0 Å². The van der Waals surface area contributed by atoms with E-state index in [0.29, 0.717) is 10.3 Å². The molecular weight excluding hydrogens is 314 g/mol. The monoisotopic (exact) mass is 330 g/mol. The van der Waals surface area contributed by atoms with Gasteiger partial charge in [0.25, 0.3) is 0 Å². The first-order chi connectivity index (χ1) is 8.62. The maximum Gasteiger partial charge on any atom is 0.525 e. The molecule has 1 fully saturated rings. The Morgan fingerprint density at radius 2 is 1.89 bits per heavy atom. The minimum atomic E-state index is -0.973. The Morgan fingerprint density at radius 1 is 1.37 bits per heavy atom. The zero-order valence-corrected chi connectivity index (χ0v) is 13.3. The van der Waals surface area contributed by atoms with E-state index in [9.17, 15) is 4.39 Å². The third kappa shape index (κ3) is 2.78. The highest BCUT2D eigenvalue weighted by atomic mass is 79.9. The maximum absolute atomic E-state index is 14.2. The molecule has 1 aliphatic heterocycles. The molecule has 1 aliphatic rings. The fourth-order valence-electron chi connectivity index (χ4n) is 1.75. The van der Waals surface area contributed by atoms with Crippen molar-refractivity contribution in [1.29, 1.82) is 0 Å². The summed E-state index contributed by atoms with van der Waals surface area (Å²) in [6.45, 7) is 7.56. The third-order valence-electron chi connectivity index (χ3n) is 3.65. The van der Waals surface area contributed by atoms with E-state index >= 15 is 0 Å². The van der Waals surface area contributed by atoms with Crippen molar-refractivity contribution in [3.8, 4) is 0 Å². The Morgan fingerprint density at radius 3 is 2.32 bits per heavy atom. The summed E-state index contributed by atoms with van der Waals surface area (Å²) in [6.07, 6.45) is 1.37. The summed E-state index contributed by atoms with van der Waals surface area (Å²) < 4.78 is 27.7. The van der Waals surface area contributed by atoms with Crippen molar-refractivity contribution in [2.24, 2.45) is 7.05 Å². The van der Waals surface area contributed by atoms with E-state index in [4.69, 9.17) is 9.31 Å². The van der Waals surface area contributed by atoms with Crippen LogP contribution < -0.4 is 0 Å². The minimum Gasteiger partial charge on any atom is -0.398 e. The second-order valence-corrected chi connectivity index (χ2v) is 6.45. The molecule has 104 valence electrons. The Kier molecular flexibility index (Phi) is 3.66. The lowest BCUT2D eigenvalue weighted by atomic mass is 9.87. The SMILES string of the molecule is Cn1nc(Br)cc1C=C(F)B1OC(C)(C)C(C)(C)O1. The van der Waals surface area contributed by atoms with Crippen LogP contribution in [-0.2, 0) is 16.4 Å². The smallest absolute Gasteiger partial charge is 0.398 e. The van der Waals surface area contributed by atoms with E-state index in [1.807, 2.05) is 27.7 Å². The Balaban J connectivity index is 2.22. The van der Waals surface area contributed by atoms with E-state index in [0.717, 1.165) is 0 Å². The highest BCUT2D eigenvalue weighted by molar-refractivity contribution is 9.10. The first-order valence-corrected chi connectivity index (χ1v) is 6.84. The summed E-state index contributed by atoms with van der Waals surface area (Å²) in [5.74, 6) is 0. The lowest BCUT2D eigenvalue weighted by molar-refractivity contribution is 0.00578. The van der Waals surface area contributed by atoms with Gasteiger partial charge in [-0.1, -0.05) is 0 Å². The van der Waals surface area contributed by atoms with Crippen LogP contribution in [-0.4, -0.2) is 28.1 Å². The molecule has 0 unspecified atom stereocenters. The standard InChI is InChI=1S/C12H17BBrFN2O2/c1-11(2)12(3,4)19-13(18-11)9(15)6-8-7-10(14)16-17(8)5/h6-7H,1-5H3. The Hall–Kier alpha value is -0.655. The van der Waals surface area contributed by atoms with Crippen molar-refractivity contribution in [2.45, 2.75) is 38.9 Å². The van der Waals surface area contributed by atoms with Crippen LogP contribution in [0.2, 0.25) is 0 Å². The van der Waals surface area contributed by atoms with Crippen molar-refractivity contribution in [2.75, 3.05) is 0 Å². The number of nitrogens with zero attached hydrogens (tertiary/aromatic N) is 2. The highest BCUT2D eigenvalue weighted by Gasteiger charge is 2.53. The largest absolute Gasteiger partial charge is 0.525 e. The number of aryl methyl sites for hydroxylation is 1. The van der Waals surface area contributed by atoms with E-state index in [1.54, 1.807) is 17.8 Å². The number of hydrogen-bond acceptors (Lipinski definition) is 3. The van der Waals surface area contributed by atoms with Gasteiger partial charge in [-0.05, 0) is 55.8 Å². The van der Waals surface area contributed by atoms with Gasteiger partial charge in [-0.3, -0.25) is 4.68 Å². The molecule has 0 atom stereocenters. The molecule has 2 heterocycles.